The van der Waals surface area contributed by atoms with Gasteiger partial charge in [0, 0.05) is 6.42 Å². The molecule has 1 aliphatic heterocycles. The van der Waals surface area contributed by atoms with Crippen LogP contribution in [0.3, 0.4) is 0 Å². The van der Waals surface area contributed by atoms with E-state index in [1.165, 1.54) is 0 Å². The van der Waals surface area contributed by atoms with Gasteiger partial charge in [-0.1, -0.05) is 0 Å². The molecule has 1 atom stereocenters. The summed E-state index contributed by atoms with van der Waals surface area (Å²) in [4.78, 5) is 22.2. The largest absolute Gasteiger partial charge is 0.480 e. The lowest BCUT2D eigenvalue weighted by molar-refractivity contribution is -0.148. The molecule has 1 heterocycles. The highest BCUT2D eigenvalue weighted by Crippen LogP contribution is 2.17. The lowest BCUT2D eigenvalue weighted by Crippen LogP contribution is -2.38. The number of carbonyl (C=O) groups is 2. The van der Waals surface area contributed by atoms with Crippen molar-refractivity contribution in [3.63, 3.8) is 0 Å². The number of carboxylic acid groups (broad SMARTS) is 1. The second-order valence-electron chi connectivity index (χ2n) is 2.40. The van der Waals surface area contributed by atoms with E-state index in [-0.39, 0.29) is 12.3 Å². The number of amides is 1. The van der Waals surface area contributed by atoms with Crippen LogP contribution in [0.2, 0.25) is 0 Å². The van der Waals surface area contributed by atoms with Crippen LogP contribution in [0.4, 0.5) is 0 Å². The van der Waals surface area contributed by atoms with Gasteiger partial charge in [0.15, 0.2) is 0 Å². The van der Waals surface area contributed by atoms with Crippen molar-refractivity contribution in [1.82, 2.24) is 4.90 Å². The molecule has 1 aliphatic rings. The Morgan fingerprint density at radius 2 is 2.36 bits per heavy atom. The van der Waals surface area contributed by atoms with Crippen LogP contribution in [-0.4, -0.2) is 39.8 Å². The van der Waals surface area contributed by atoms with Crippen molar-refractivity contribution in [2.75, 3.05) is 6.73 Å². The Morgan fingerprint density at radius 3 is 2.73 bits per heavy atom. The van der Waals surface area contributed by atoms with Crippen LogP contribution in [0.5, 0.6) is 0 Å². The summed E-state index contributed by atoms with van der Waals surface area (Å²) in [7, 11) is 0. The van der Waals surface area contributed by atoms with E-state index in [0.717, 1.165) is 4.90 Å². The lowest BCUT2D eigenvalue weighted by atomic mass is 10.2. The predicted molar refractivity (Wildman–Crippen MR) is 34.6 cm³/mol. The molecule has 0 spiro atoms. The van der Waals surface area contributed by atoms with Crippen LogP contribution in [0.1, 0.15) is 12.8 Å². The average Bonchev–Trinajstić information content (AvgIpc) is 2.30. The van der Waals surface area contributed by atoms with Gasteiger partial charge in [0.1, 0.15) is 12.8 Å². The maximum Gasteiger partial charge on any atom is 0.326 e. The molecule has 11 heavy (non-hydrogen) atoms. The minimum Gasteiger partial charge on any atom is -0.480 e. The second-order valence-corrected chi connectivity index (χ2v) is 2.40. The van der Waals surface area contributed by atoms with Crippen LogP contribution in [0, 0.1) is 0 Å². The van der Waals surface area contributed by atoms with Crippen LogP contribution in [-0.2, 0) is 9.59 Å². The van der Waals surface area contributed by atoms with Gasteiger partial charge in [-0.15, -0.1) is 0 Å². The Hall–Kier alpha value is -1.10. The number of aliphatic carboxylic acids is 1. The van der Waals surface area contributed by atoms with Crippen LogP contribution < -0.4 is 0 Å². The smallest absolute Gasteiger partial charge is 0.326 e. The molecule has 0 bridgehead atoms. The fourth-order valence-corrected chi connectivity index (χ4v) is 1.17. The number of rotatable bonds is 2. The van der Waals surface area contributed by atoms with Crippen LogP contribution in [0.25, 0.3) is 0 Å². The van der Waals surface area contributed by atoms with Gasteiger partial charge >= 0.3 is 5.97 Å². The molecule has 1 fully saturated rings. The molecule has 0 aromatic carbocycles. The molecule has 62 valence electrons. The molecular formula is C6H9NO4. The first kappa shape index (κ1) is 8.00. The summed E-state index contributed by atoms with van der Waals surface area (Å²) in [5, 5.41) is 17.1. The summed E-state index contributed by atoms with van der Waals surface area (Å²) in [5.41, 5.74) is 0. The molecule has 0 radical (unpaired) electrons. The van der Waals surface area contributed by atoms with Gasteiger partial charge in [0.25, 0.3) is 0 Å². The van der Waals surface area contributed by atoms with E-state index in [0.29, 0.717) is 6.42 Å². The van der Waals surface area contributed by atoms with E-state index in [1.54, 1.807) is 0 Å². The van der Waals surface area contributed by atoms with Gasteiger partial charge in [-0.05, 0) is 6.42 Å². The molecule has 2 N–H and O–H groups in total. The van der Waals surface area contributed by atoms with Crippen molar-refractivity contribution in [2.45, 2.75) is 18.9 Å². The van der Waals surface area contributed by atoms with Gasteiger partial charge in [0.2, 0.25) is 5.91 Å². The molecule has 1 amide bonds. The first-order valence-corrected chi connectivity index (χ1v) is 3.30. The average molecular weight is 159 g/mol. The fourth-order valence-electron chi connectivity index (χ4n) is 1.17. The number of carboxylic acids is 1. The fraction of sp³-hybridized carbons (Fsp3) is 0.667. The third-order valence-corrected chi connectivity index (χ3v) is 1.77. The number of aliphatic hydroxyl groups excluding tert-OH is 1. The number of nitrogens with zero attached hydrogens (tertiary/aromatic N) is 1. The first-order chi connectivity index (χ1) is 5.16. The van der Waals surface area contributed by atoms with Crippen molar-refractivity contribution in [1.29, 1.82) is 0 Å². The zero-order valence-corrected chi connectivity index (χ0v) is 5.86. The van der Waals surface area contributed by atoms with E-state index in [9.17, 15) is 9.59 Å². The topological polar surface area (TPSA) is 77.8 Å². The molecule has 0 saturated carbocycles. The Labute approximate surface area is 63.2 Å². The van der Waals surface area contributed by atoms with Gasteiger partial charge in [-0.3, -0.25) is 4.79 Å². The summed E-state index contributed by atoms with van der Waals surface area (Å²) in [6.07, 6.45) is 0.520. The van der Waals surface area contributed by atoms with Crippen molar-refractivity contribution in [3.8, 4) is 0 Å². The van der Waals surface area contributed by atoms with E-state index in [1.807, 2.05) is 0 Å². The molecular weight excluding hydrogens is 150 g/mol. The molecule has 5 heteroatoms. The van der Waals surface area contributed by atoms with Gasteiger partial charge in [-0.2, -0.15) is 0 Å². The van der Waals surface area contributed by atoms with Crippen molar-refractivity contribution >= 4 is 11.9 Å². The monoisotopic (exact) mass is 159 g/mol. The highest BCUT2D eigenvalue weighted by atomic mass is 16.4. The molecule has 0 aromatic rings. The van der Waals surface area contributed by atoms with Gasteiger partial charge in [0.05, 0.1) is 0 Å². The SMILES string of the molecule is O=C(O)[C@H]1CCC(=O)N1CO. The Kier molecular flexibility index (Phi) is 2.09. The van der Waals surface area contributed by atoms with Gasteiger partial charge in [-0.25, -0.2) is 4.79 Å². The number of aliphatic hydroxyl groups is 1. The normalized spacial score (nSPS) is 24.3. The summed E-state index contributed by atoms with van der Waals surface area (Å²) in [6, 6.07) is -0.826. The maximum atomic E-state index is 10.8. The Morgan fingerprint density at radius 1 is 1.73 bits per heavy atom. The molecule has 0 aliphatic carbocycles. The molecule has 1 rings (SSSR count). The van der Waals surface area contributed by atoms with E-state index in [2.05, 4.69) is 0 Å². The quantitative estimate of drug-likeness (QED) is 0.542. The van der Waals surface area contributed by atoms with Crippen LogP contribution in [0.15, 0.2) is 0 Å². The van der Waals surface area contributed by atoms with Crippen molar-refractivity contribution < 1.29 is 19.8 Å². The van der Waals surface area contributed by atoms with Gasteiger partial charge < -0.3 is 15.1 Å². The van der Waals surface area contributed by atoms with Crippen LogP contribution >= 0.6 is 0 Å². The van der Waals surface area contributed by atoms with E-state index < -0.39 is 18.7 Å². The number of likely N-dealkylation sites (tertiary alicyclic amines) is 1. The number of hydrogen-bond donors (Lipinski definition) is 2. The standard InChI is InChI=1S/C6H9NO4/c8-3-7-4(6(10)11)1-2-5(7)9/h4,8H,1-3H2,(H,10,11)/t4-/m1/s1. The Balaban J connectivity index is 2.68. The zero-order chi connectivity index (χ0) is 8.43. The summed E-state index contributed by atoms with van der Waals surface area (Å²) >= 11 is 0. The minimum absolute atomic E-state index is 0.220. The summed E-state index contributed by atoms with van der Waals surface area (Å²) < 4.78 is 0. The van der Waals surface area contributed by atoms with Crippen molar-refractivity contribution in [2.24, 2.45) is 0 Å². The number of hydrogen-bond acceptors (Lipinski definition) is 3. The van der Waals surface area contributed by atoms with Crippen molar-refractivity contribution in [3.05, 3.63) is 0 Å². The molecule has 1 saturated heterocycles. The molecule has 0 aromatic heterocycles. The second kappa shape index (κ2) is 2.87. The highest BCUT2D eigenvalue weighted by molar-refractivity contribution is 5.87. The molecule has 0 unspecified atom stereocenters. The van der Waals surface area contributed by atoms with E-state index >= 15 is 0 Å². The maximum absolute atomic E-state index is 10.8. The Bertz CT molecular complexity index is 191. The lowest BCUT2D eigenvalue weighted by Gasteiger charge is -2.17. The molecule has 5 nitrogen and oxygen atoms in total. The first-order valence-electron chi connectivity index (χ1n) is 3.30. The number of carbonyl (C=O) groups excluding carboxylic acids is 1. The summed E-state index contributed by atoms with van der Waals surface area (Å²) in [6.45, 7) is -0.504. The third-order valence-electron chi connectivity index (χ3n) is 1.77. The van der Waals surface area contributed by atoms with E-state index in [4.69, 9.17) is 10.2 Å². The summed E-state index contributed by atoms with van der Waals surface area (Å²) in [5.74, 6) is -1.34. The zero-order valence-electron chi connectivity index (χ0n) is 5.86. The highest BCUT2D eigenvalue weighted by Gasteiger charge is 2.35. The minimum atomic E-state index is -1.05. The predicted octanol–water partition coefficient (Wildman–Crippen LogP) is -0.988. The third kappa shape index (κ3) is 1.32.